The van der Waals surface area contributed by atoms with Crippen LogP contribution in [0.25, 0.3) is 0 Å². The number of phenolic OH excluding ortho intramolecular Hbond substituents is 1. The van der Waals surface area contributed by atoms with Crippen LogP contribution >= 0.6 is 0 Å². The van der Waals surface area contributed by atoms with Crippen LogP contribution in [0.5, 0.6) is 5.75 Å². The molecular weight excluding hydrogens is 216 g/mol. The van der Waals surface area contributed by atoms with Gasteiger partial charge < -0.3 is 5.11 Å². The molecule has 3 heteroatoms. The van der Waals surface area contributed by atoms with Crippen LogP contribution in [-0.4, -0.2) is 16.7 Å². The maximum atomic E-state index is 11.9. The standard InChI is InChI=1S/C14H16O3/c15-12-7-3-4-10(12)8-9-14(17)11-5-1-2-6-13(11)16/h1-2,5-6,10,16H,3-4,7-9H2. The molecule has 2 rings (SSSR count). The predicted molar refractivity (Wildman–Crippen MR) is 64.0 cm³/mol. The van der Waals surface area contributed by atoms with Gasteiger partial charge in [-0.3, -0.25) is 9.59 Å². The van der Waals surface area contributed by atoms with Crippen LogP contribution in [0.1, 0.15) is 42.5 Å². The van der Waals surface area contributed by atoms with Crippen molar-refractivity contribution in [2.45, 2.75) is 32.1 Å². The van der Waals surface area contributed by atoms with E-state index >= 15 is 0 Å². The summed E-state index contributed by atoms with van der Waals surface area (Å²) in [5.41, 5.74) is 0.359. The summed E-state index contributed by atoms with van der Waals surface area (Å²) in [6.45, 7) is 0. The van der Waals surface area contributed by atoms with Crippen molar-refractivity contribution in [1.82, 2.24) is 0 Å². The fourth-order valence-corrected chi connectivity index (χ4v) is 2.34. The lowest BCUT2D eigenvalue weighted by molar-refractivity contribution is -0.120. The van der Waals surface area contributed by atoms with Crippen molar-refractivity contribution in [3.8, 4) is 5.75 Å². The molecule has 90 valence electrons. The molecule has 1 fully saturated rings. The molecule has 17 heavy (non-hydrogen) atoms. The Morgan fingerprint density at radius 1 is 1.35 bits per heavy atom. The fraction of sp³-hybridized carbons (Fsp3) is 0.429. The van der Waals surface area contributed by atoms with E-state index in [1.165, 1.54) is 6.07 Å². The van der Waals surface area contributed by atoms with Crippen LogP contribution in [-0.2, 0) is 4.79 Å². The largest absolute Gasteiger partial charge is 0.507 e. The number of rotatable bonds is 4. The van der Waals surface area contributed by atoms with Crippen LogP contribution in [0, 0.1) is 5.92 Å². The van der Waals surface area contributed by atoms with Crippen molar-refractivity contribution in [2.24, 2.45) is 5.92 Å². The smallest absolute Gasteiger partial charge is 0.166 e. The Labute approximate surface area is 100 Å². The molecule has 0 radical (unpaired) electrons. The van der Waals surface area contributed by atoms with Crippen LogP contribution in [0.2, 0.25) is 0 Å². The second kappa shape index (κ2) is 5.13. The summed E-state index contributed by atoms with van der Waals surface area (Å²) in [4.78, 5) is 23.3. The summed E-state index contributed by atoms with van der Waals surface area (Å²) < 4.78 is 0. The third-order valence-electron chi connectivity index (χ3n) is 3.36. The summed E-state index contributed by atoms with van der Waals surface area (Å²) in [6, 6.07) is 6.54. The quantitative estimate of drug-likeness (QED) is 0.812. The van der Waals surface area contributed by atoms with Crippen LogP contribution in [0.3, 0.4) is 0 Å². The molecule has 1 aliphatic carbocycles. The van der Waals surface area contributed by atoms with Crippen molar-refractivity contribution in [1.29, 1.82) is 0 Å². The van der Waals surface area contributed by atoms with Crippen molar-refractivity contribution < 1.29 is 14.7 Å². The molecule has 1 aliphatic rings. The lowest BCUT2D eigenvalue weighted by Gasteiger charge is -2.07. The van der Waals surface area contributed by atoms with Crippen LogP contribution < -0.4 is 0 Å². The number of carbonyl (C=O) groups is 2. The van der Waals surface area contributed by atoms with Gasteiger partial charge in [0.05, 0.1) is 5.56 Å². The molecule has 0 saturated heterocycles. The number of para-hydroxylation sites is 1. The molecule has 0 spiro atoms. The SMILES string of the molecule is O=C(CCC1CCCC1=O)c1ccccc1O. The number of benzene rings is 1. The number of carbonyl (C=O) groups excluding carboxylic acids is 2. The lowest BCUT2D eigenvalue weighted by atomic mass is 9.96. The molecule has 1 saturated carbocycles. The number of aromatic hydroxyl groups is 1. The monoisotopic (exact) mass is 232 g/mol. The number of hydrogen-bond acceptors (Lipinski definition) is 3. The van der Waals surface area contributed by atoms with Crippen molar-refractivity contribution in [3.05, 3.63) is 29.8 Å². The molecule has 0 aliphatic heterocycles. The normalized spacial score (nSPS) is 19.5. The Bertz CT molecular complexity index is 437. The van der Waals surface area contributed by atoms with Crippen molar-refractivity contribution in [3.63, 3.8) is 0 Å². The van der Waals surface area contributed by atoms with Gasteiger partial charge in [0.1, 0.15) is 11.5 Å². The van der Waals surface area contributed by atoms with Crippen LogP contribution in [0.15, 0.2) is 24.3 Å². The molecule has 3 nitrogen and oxygen atoms in total. The third kappa shape index (κ3) is 2.73. The number of ketones is 2. The van der Waals surface area contributed by atoms with Gasteiger partial charge >= 0.3 is 0 Å². The molecule has 1 aromatic rings. The van der Waals surface area contributed by atoms with Gasteiger partial charge in [0.25, 0.3) is 0 Å². The first kappa shape index (κ1) is 11.8. The Morgan fingerprint density at radius 2 is 2.12 bits per heavy atom. The molecule has 0 aromatic heterocycles. The van der Waals surface area contributed by atoms with Gasteiger partial charge in [0.2, 0.25) is 0 Å². The highest BCUT2D eigenvalue weighted by Gasteiger charge is 2.25. The highest BCUT2D eigenvalue weighted by atomic mass is 16.3. The average Bonchev–Trinajstić information content (AvgIpc) is 2.72. The summed E-state index contributed by atoms with van der Waals surface area (Å²) in [6.07, 6.45) is 3.48. The van der Waals surface area contributed by atoms with Crippen LogP contribution in [0.4, 0.5) is 0 Å². The lowest BCUT2D eigenvalue weighted by Crippen LogP contribution is -2.09. The first-order valence-electron chi connectivity index (χ1n) is 6.02. The van der Waals surface area contributed by atoms with Crippen molar-refractivity contribution in [2.75, 3.05) is 0 Å². The summed E-state index contributed by atoms with van der Waals surface area (Å²) in [5.74, 6) is 0.290. The number of hydrogen-bond donors (Lipinski definition) is 1. The number of phenols is 1. The van der Waals surface area contributed by atoms with Gasteiger partial charge in [0.15, 0.2) is 5.78 Å². The summed E-state index contributed by atoms with van der Waals surface area (Å²) in [5, 5.41) is 9.54. The molecule has 0 bridgehead atoms. The zero-order valence-corrected chi connectivity index (χ0v) is 9.69. The zero-order valence-electron chi connectivity index (χ0n) is 9.69. The first-order valence-corrected chi connectivity index (χ1v) is 6.02. The minimum absolute atomic E-state index is 0.0234. The topological polar surface area (TPSA) is 54.4 Å². The van der Waals surface area contributed by atoms with E-state index in [9.17, 15) is 14.7 Å². The molecule has 0 heterocycles. The van der Waals surface area contributed by atoms with Gasteiger partial charge in [0, 0.05) is 18.8 Å². The molecule has 0 amide bonds. The van der Waals surface area contributed by atoms with E-state index in [1.54, 1.807) is 18.2 Å². The number of Topliss-reactive ketones (excluding diaryl/α,β-unsaturated/α-hetero) is 2. The van der Waals surface area contributed by atoms with E-state index in [4.69, 9.17) is 0 Å². The summed E-state index contributed by atoms with van der Waals surface area (Å²) >= 11 is 0. The van der Waals surface area contributed by atoms with E-state index in [-0.39, 0.29) is 23.2 Å². The average molecular weight is 232 g/mol. The van der Waals surface area contributed by atoms with E-state index in [0.717, 1.165) is 12.8 Å². The maximum absolute atomic E-state index is 11.9. The van der Waals surface area contributed by atoms with Gasteiger partial charge in [-0.1, -0.05) is 12.1 Å². The van der Waals surface area contributed by atoms with Gasteiger partial charge in [-0.25, -0.2) is 0 Å². The van der Waals surface area contributed by atoms with E-state index in [0.29, 0.717) is 24.8 Å². The highest BCUT2D eigenvalue weighted by Crippen LogP contribution is 2.27. The second-order valence-corrected chi connectivity index (χ2v) is 4.53. The second-order valence-electron chi connectivity index (χ2n) is 4.53. The Hall–Kier alpha value is -1.64. The Balaban J connectivity index is 1.94. The molecule has 1 N–H and O–H groups in total. The molecule has 1 aromatic carbocycles. The van der Waals surface area contributed by atoms with Crippen molar-refractivity contribution >= 4 is 11.6 Å². The molecule has 1 atom stereocenters. The molecular formula is C14H16O3. The van der Waals surface area contributed by atoms with Gasteiger partial charge in [-0.05, 0) is 31.4 Å². The van der Waals surface area contributed by atoms with Gasteiger partial charge in [-0.2, -0.15) is 0 Å². The summed E-state index contributed by atoms with van der Waals surface area (Å²) in [7, 11) is 0. The Morgan fingerprint density at radius 3 is 2.76 bits per heavy atom. The molecule has 1 unspecified atom stereocenters. The van der Waals surface area contributed by atoms with E-state index < -0.39 is 0 Å². The highest BCUT2D eigenvalue weighted by molar-refractivity contribution is 5.98. The third-order valence-corrected chi connectivity index (χ3v) is 3.36. The Kier molecular flexibility index (Phi) is 3.57. The minimum Gasteiger partial charge on any atom is -0.507 e. The van der Waals surface area contributed by atoms with E-state index in [1.807, 2.05) is 0 Å². The predicted octanol–water partition coefficient (Wildman–Crippen LogP) is 2.72. The minimum atomic E-state index is -0.0807. The van der Waals surface area contributed by atoms with Gasteiger partial charge in [-0.15, -0.1) is 0 Å². The maximum Gasteiger partial charge on any atom is 0.166 e. The fourth-order valence-electron chi connectivity index (χ4n) is 2.34. The first-order chi connectivity index (χ1) is 8.18. The zero-order chi connectivity index (χ0) is 12.3. The van der Waals surface area contributed by atoms with E-state index in [2.05, 4.69) is 0 Å².